The van der Waals surface area contributed by atoms with Crippen molar-refractivity contribution in [2.24, 2.45) is 22.7 Å². The number of ether oxygens (including phenoxy) is 1. The molecule has 1 heterocycles. The number of nitrogens with one attached hydrogen (secondary N) is 1. The second kappa shape index (κ2) is 8.62. The highest BCUT2D eigenvalue weighted by atomic mass is 16.5. The molecule has 1 saturated heterocycles. The molecule has 0 aromatic carbocycles. The van der Waals surface area contributed by atoms with E-state index in [1.54, 1.807) is 0 Å². The Bertz CT molecular complexity index is 318. The second-order valence-electron chi connectivity index (χ2n) is 6.83. The molecule has 0 bridgehead atoms. The molecule has 0 spiro atoms. The third kappa shape index (κ3) is 5.17. The van der Waals surface area contributed by atoms with E-state index in [0.29, 0.717) is 5.92 Å². The van der Waals surface area contributed by atoms with E-state index in [2.05, 4.69) is 29.2 Å². The Hall–Kier alpha value is -0.770. The molecule has 122 valence electrons. The van der Waals surface area contributed by atoms with Gasteiger partial charge in [0.15, 0.2) is 5.96 Å². The van der Waals surface area contributed by atoms with Crippen LogP contribution >= 0.6 is 0 Å². The van der Waals surface area contributed by atoms with Crippen molar-refractivity contribution in [3.63, 3.8) is 0 Å². The Morgan fingerprint density at radius 2 is 1.86 bits per heavy atom. The van der Waals surface area contributed by atoms with Crippen LogP contribution in [0.4, 0.5) is 0 Å². The fourth-order valence-electron chi connectivity index (χ4n) is 3.67. The molecule has 0 aromatic heterocycles. The van der Waals surface area contributed by atoms with Crippen molar-refractivity contribution in [3.8, 4) is 0 Å². The van der Waals surface area contributed by atoms with Gasteiger partial charge in [0.25, 0.3) is 0 Å². The van der Waals surface area contributed by atoms with Gasteiger partial charge in [0, 0.05) is 39.7 Å². The molecule has 0 radical (unpaired) electrons. The Morgan fingerprint density at radius 3 is 2.43 bits per heavy atom. The summed E-state index contributed by atoms with van der Waals surface area (Å²) in [6.07, 6.45) is 8.12. The number of rotatable bonds is 5. The van der Waals surface area contributed by atoms with Crippen LogP contribution in [0.5, 0.6) is 0 Å². The maximum atomic E-state index is 5.46. The molecule has 1 N–H and O–H groups in total. The van der Waals surface area contributed by atoms with E-state index in [4.69, 9.17) is 4.74 Å². The standard InChI is InChI=1S/C17H33N3O/c1-4-14-5-7-15(8-6-14)11-19-17(18-2)20(3)12-16-9-10-21-13-16/h14-16H,4-13H2,1-3H3,(H,18,19). The Balaban J connectivity index is 1.69. The van der Waals surface area contributed by atoms with E-state index in [9.17, 15) is 0 Å². The van der Waals surface area contributed by atoms with E-state index >= 15 is 0 Å². The first-order valence-corrected chi connectivity index (χ1v) is 8.72. The Kier molecular flexibility index (Phi) is 6.81. The van der Waals surface area contributed by atoms with Crippen LogP contribution in [0.3, 0.4) is 0 Å². The molecule has 0 aromatic rings. The van der Waals surface area contributed by atoms with Crippen molar-refractivity contribution in [2.75, 3.05) is 40.4 Å². The van der Waals surface area contributed by atoms with Crippen LogP contribution in [0, 0.1) is 17.8 Å². The summed E-state index contributed by atoms with van der Waals surface area (Å²) in [6, 6.07) is 0. The highest BCUT2D eigenvalue weighted by Crippen LogP contribution is 2.30. The average Bonchev–Trinajstić information content (AvgIpc) is 3.01. The summed E-state index contributed by atoms with van der Waals surface area (Å²) in [5.41, 5.74) is 0. The molecule has 2 aliphatic rings. The lowest BCUT2D eigenvalue weighted by Gasteiger charge is -2.30. The first kappa shape index (κ1) is 16.6. The minimum absolute atomic E-state index is 0.661. The van der Waals surface area contributed by atoms with Gasteiger partial charge in [-0.25, -0.2) is 0 Å². The van der Waals surface area contributed by atoms with Crippen molar-refractivity contribution in [2.45, 2.75) is 45.4 Å². The average molecular weight is 295 g/mol. The van der Waals surface area contributed by atoms with Crippen molar-refractivity contribution >= 4 is 5.96 Å². The van der Waals surface area contributed by atoms with Crippen molar-refractivity contribution in [1.29, 1.82) is 0 Å². The number of hydrogen-bond donors (Lipinski definition) is 1. The summed E-state index contributed by atoms with van der Waals surface area (Å²) in [7, 11) is 4.03. The van der Waals surface area contributed by atoms with Crippen LogP contribution in [0.1, 0.15) is 45.4 Å². The summed E-state index contributed by atoms with van der Waals surface area (Å²) in [6.45, 7) is 6.28. The maximum absolute atomic E-state index is 5.46. The minimum Gasteiger partial charge on any atom is -0.381 e. The number of aliphatic imine (C=N–C) groups is 1. The van der Waals surface area contributed by atoms with Gasteiger partial charge in [-0.15, -0.1) is 0 Å². The topological polar surface area (TPSA) is 36.9 Å². The van der Waals surface area contributed by atoms with Gasteiger partial charge in [-0.1, -0.05) is 26.2 Å². The maximum Gasteiger partial charge on any atom is 0.193 e. The predicted molar refractivity (Wildman–Crippen MR) is 88.7 cm³/mol. The normalized spacial score (nSPS) is 30.4. The quantitative estimate of drug-likeness (QED) is 0.626. The van der Waals surface area contributed by atoms with Gasteiger partial charge < -0.3 is 15.0 Å². The molecule has 2 fully saturated rings. The molecule has 2 rings (SSSR count). The van der Waals surface area contributed by atoms with Crippen molar-refractivity contribution < 1.29 is 4.74 Å². The van der Waals surface area contributed by atoms with Crippen molar-refractivity contribution in [1.82, 2.24) is 10.2 Å². The van der Waals surface area contributed by atoms with E-state index < -0.39 is 0 Å². The van der Waals surface area contributed by atoms with Gasteiger partial charge in [0.2, 0.25) is 0 Å². The largest absolute Gasteiger partial charge is 0.381 e. The number of hydrogen-bond acceptors (Lipinski definition) is 2. The van der Waals surface area contributed by atoms with E-state index in [1.807, 2.05) is 7.05 Å². The van der Waals surface area contributed by atoms with Gasteiger partial charge in [-0.2, -0.15) is 0 Å². The molecule has 4 heteroatoms. The number of nitrogens with zero attached hydrogens (tertiary/aromatic N) is 2. The van der Waals surface area contributed by atoms with Crippen LogP contribution in [-0.2, 0) is 4.74 Å². The number of guanidine groups is 1. The highest BCUT2D eigenvalue weighted by Gasteiger charge is 2.22. The smallest absolute Gasteiger partial charge is 0.193 e. The fourth-order valence-corrected chi connectivity index (χ4v) is 3.67. The molecular weight excluding hydrogens is 262 g/mol. The van der Waals surface area contributed by atoms with Crippen LogP contribution in [-0.4, -0.2) is 51.3 Å². The van der Waals surface area contributed by atoms with Gasteiger partial charge in [-0.05, 0) is 31.1 Å². The summed E-state index contributed by atoms with van der Waals surface area (Å²) in [4.78, 5) is 6.70. The molecule has 1 unspecified atom stereocenters. The third-order valence-corrected chi connectivity index (χ3v) is 5.22. The fraction of sp³-hybridized carbons (Fsp3) is 0.941. The van der Waals surface area contributed by atoms with Gasteiger partial charge >= 0.3 is 0 Å². The zero-order valence-corrected chi connectivity index (χ0v) is 14.1. The lowest BCUT2D eigenvalue weighted by atomic mass is 9.81. The summed E-state index contributed by atoms with van der Waals surface area (Å²) in [5, 5.41) is 3.58. The molecular formula is C17H33N3O. The monoisotopic (exact) mass is 295 g/mol. The van der Waals surface area contributed by atoms with Crippen molar-refractivity contribution in [3.05, 3.63) is 0 Å². The lowest BCUT2D eigenvalue weighted by molar-refractivity contribution is 0.181. The molecule has 1 aliphatic carbocycles. The molecule has 1 atom stereocenters. The summed E-state index contributed by atoms with van der Waals surface area (Å²) >= 11 is 0. The predicted octanol–water partition coefficient (Wildman–Crippen LogP) is 2.75. The van der Waals surface area contributed by atoms with Crippen LogP contribution in [0.2, 0.25) is 0 Å². The molecule has 1 aliphatic heterocycles. The zero-order chi connectivity index (χ0) is 15.1. The Labute approximate surface area is 130 Å². The zero-order valence-electron chi connectivity index (χ0n) is 14.1. The highest BCUT2D eigenvalue weighted by molar-refractivity contribution is 5.79. The molecule has 21 heavy (non-hydrogen) atoms. The molecule has 1 saturated carbocycles. The lowest BCUT2D eigenvalue weighted by Crippen LogP contribution is -2.43. The summed E-state index contributed by atoms with van der Waals surface area (Å²) in [5.74, 6) is 3.51. The second-order valence-corrected chi connectivity index (χ2v) is 6.83. The third-order valence-electron chi connectivity index (χ3n) is 5.22. The molecule has 4 nitrogen and oxygen atoms in total. The van der Waals surface area contributed by atoms with E-state index in [-0.39, 0.29) is 0 Å². The minimum atomic E-state index is 0.661. The first-order valence-electron chi connectivity index (χ1n) is 8.72. The van der Waals surface area contributed by atoms with Gasteiger partial charge in [-0.3, -0.25) is 4.99 Å². The van der Waals surface area contributed by atoms with Gasteiger partial charge in [0.1, 0.15) is 0 Å². The van der Waals surface area contributed by atoms with Crippen LogP contribution < -0.4 is 5.32 Å². The van der Waals surface area contributed by atoms with E-state index in [0.717, 1.165) is 44.1 Å². The Morgan fingerprint density at radius 1 is 1.14 bits per heavy atom. The van der Waals surface area contributed by atoms with Gasteiger partial charge in [0.05, 0.1) is 6.61 Å². The SMILES string of the molecule is CCC1CCC(CNC(=NC)N(C)CC2CCOC2)CC1. The van der Waals surface area contributed by atoms with Crippen LogP contribution in [0.25, 0.3) is 0 Å². The first-order chi connectivity index (χ1) is 10.2. The van der Waals surface area contributed by atoms with E-state index in [1.165, 1.54) is 38.5 Å². The molecule has 0 amide bonds. The summed E-state index contributed by atoms with van der Waals surface area (Å²) < 4.78 is 5.46. The van der Waals surface area contributed by atoms with Crippen LogP contribution in [0.15, 0.2) is 4.99 Å².